The Morgan fingerprint density at radius 1 is 0.970 bits per heavy atom. The Morgan fingerprint density at radius 2 is 1.73 bits per heavy atom. The molecule has 4 aromatic rings. The number of halogens is 1. The minimum atomic E-state index is -0.278. The molecule has 0 radical (unpaired) electrons. The van der Waals surface area contributed by atoms with Gasteiger partial charge in [-0.1, -0.05) is 0 Å². The van der Waals surface area contributed by atoms with E-state index in [0.717, 1.165) is 65.9 Å². The molecule has 1 aliphatic rings. The number of nitrogens with zero attached hydrogens (tertiary/aromatic N) is 6. The van der Waals surface area contributed by atoms with Crippen molar-refractivity contribution in [2.45, 2.75) is 26.4 Å². The summed E-state index contributed by atoms with van der Waals surface area (Å²) in [4.78, 5) is 14.0. The van der Waals surface area contributed by atoms with Gasteiger partial charge in [-0.15, -0.1) is 5.10 Å². The van der Waals surface area contributed by atoms with Crippen molar-refractivity contribution in [3.05, 3.63) is 66.2 Å². The molecule has 0 aliphatic carbocycles. The van der Waals surface area contributed by atoms with Crippen LogP contribution in [0.3, 0.4) is 0 Å². The van der Waals surface area contributed by atoms with Crippen LogP contribution in [0.25, 0.3) is 28.2 Å². The van der Waals surface area contributed by atoms with Gasteiger partial charge in [-0.25, -0.2) is 13.9 Å². The van der Waals surface area contributed by atoms with Crippen LogP contribution in [0.5, 0.6) is 0 Å². The molecule has 2 N–H and O–H groups in total. The zero-order chi connectivity index (χ0) is 22.9. The molecular weight excluding hydrogens is 417 g/mol. The average molecular weight is 446 g/mol. The average Bonchev–Trinajstić information content (AvgIpc) is 3.23. The molecule has 0 spiro atoms. The molecule has 8 heteroatoms. The van der Waals surface area contributed by atoms with Gasteiger partial charge in [-0.3, -0.25) is 9.88 Å². The molecule has 7 nitrogen and oxygen atoms in total. The van der Waals surface area contributed by atoms with E-state index in [-0.39, 0.29) is 5.82 Å². The Labute approximate surface area is 192 Å². The van der Waals surface area contributed by atoms with E-state index in [9.17, 15) is 4.39 Å². The Kier molecular flexibility index (Phi) is 5.78. The predicted molar refractivity (Wildman–Crippen MR) is 128 cm³/mol. The van der Waals surface area contributed by atoms with Crippen LogP contribution < -0.4 is 10.6 Å². The summed E-state index contributed by atoms with van der Waals surface area (Å²) in [5.41, 5.74) is 10.7. The third kappa shape index (κ3) is 4.19. The fourth-order valence-electron chi connectivity index (χ4n) is 4.36. The number of anilines is 1. The number of piperazine rings is 1. The molecule has 1 fully saturated rings. The number of benzene rings is 1. The Balaban J connectivity index is 1.62. The van der Waals surface area contributed by atoms with Gasteiger partial charge < -0.3 is 10.6 Å². The highest BCUT2D eigenvalue weighted by Gasteiger charge is 2.22. The SMILES string of the molecule is CC(C)N1CCN(c2ccc3nc(-c4ccc(F)cc4)c(-c4ccnc(CN)c4)n3n2)CC1. The zero-order valence-electron chi connectivity index (χ0n) is 18.9. The lowest BCUT2D eigenvalue weighted by atomic mass is 10.1. The fourth-order valence-corrected chi connectivity index (χ4v) is 4.36. The molecule has 0 amide bonds. The quantitative estimate of drug-likeness (QED) is 0.506. The van der Waals surface area contributed by atoms with Gasteiger partial charge in [0.25, 0.3) is 0 Å². The van der Waals surface area contributed by atoms with E-state index >= 15 is 0 Å². The highest BCUT2D eigenvalue weighted by molar-refractivity contribution is 5.81. The van der Waals surface area contributed by atoms with Crippen molar-refractivity contribution in [2.24, 2.45) is 5.73 Å². The van der Waals surface area contributed by atoms with Crippen LogP contribution in [0.4, 0.5) is 10.2 Å². The topological polar surface area (TPSA) is 75.6 Å². The number of fused-ring (bicyclic) bond motifs is 1. The van der Waals surface area contributed by atoms with Gasteiger partial charge in [0, 0.05) is 56.1 Å². The first-order valence-corrected chi connectivity index (χ1v) is 11.3. The third-order valence-corrected chi connectivity index (χ3v) is 6.25. The lowest BCUT2D eigenvalue weighted by Gasteiger charge is -2.37. The van der Waals surface area contributed by atoms with Crippen molar-refractivity contribution in [1.29, 1.82) is 0 Å². The van der Waals surface area contributed by atoms with Gasteiger partial charge in [-0.05, 0) is 62.4 Å². The van der Waals surface area contributed by atoms with Crippen molar-refractivity contribution in [1.82, 2.24) is 24.5 Å². The van der Waals surface area contributed by atoms with Crippen LogP contribution in [-0.4, -0.2) is 56.7 Å². The second-order valence-electron chi connectivity index (χ2n) is 8.63. The number of hydrogen-bond donors (Lipinski definition) is 1. The molecule has 0 unspecified atom stereocenters. The second-order valence-corrected chi connectivity index (χ2v) is 8.63. The van der Waals surface area contributed by atoms with Crippen molar-refractivity contribution >= 4 is 11.5 Å². The van der Waals surface area contributed by atoms with E-state index in [1.54, 1.807) is 18.3 Å². The molecule has 3 aromatic heterocycles. The van der Waals surface area contributed by atoms with E-state index in [1.807, 2.05) is 28.8 Å². The number of hydrogen-bond acceptors (Lipinski definition) is 6. The largest absolute Gasteiger partial charge is 0.353 e. The fraction of sp³-hybridized carbons (Fsp3) is 0.320. The molecule has 1 saturated heterocycles. The summed E-state index contributed by atoms with van der Waals surface area (Å²) in [5.74, 6) is 0.641. The zero-order valence-corrected chi connectivity index (χ0v) is 18.9. The number of nitrogens with two attached hydrogens (primary N) is 1. The summed E-state index contributed by atoms with van der Waals surface area (Å²) in [5, 5.41) is 5.00. The molecule has 0 bridgehead atoms. The summed E-state index contributed by atoms with van der Waals surface area (Å²) in [7, 11) is 0. The highest BCUT2D eigenvalue weighted by atomic mass is 19.1. The first-order valence-electron chi connectivity index (χ1n) is 11.3. The van der Waals surface area contributed by atoms with Gasteiger partial charge in [0.05, 0.1) is 11.4 Å². The van der Waals surface area contributed by atoms with Crippen molar-refractivity contribution in [2.75, 3.05) is 31.1 Å². The van der Waals surface area contributed by atoms with E-state index in [2.05, 4.69) is 28.6 Å². The maximum Gasteiger partial charge on any atom is 0.155 e. The second kappa shape index (κ2) is 8.88. The van der Waals surface area contributed by atoms with E-state index in [4.69, 9.17) is 15.8 Å². The first kappa shape index (κ1) is 21.5. The van der Waals surface area contributed by atoms with Gasteiger partial charge in [0.15, 0.2) is 5.65 Å². The summed E-state index contributed by atoms with van der Waals surface area (Å²) < 4.78 is 15.5. The molecule has 1 aromatic carbocycles. The molecule has 170 valence electrons. The third-order valence-electron chi connectivity index (χ3n) is 6.25. The van der Waals surface area contributed by atoms with E-state index < -0.39 is 0 Å². The predicted octanol–water partition coefficient (Wildman–Crippen LogP) is 3.59. The number of aromatic nitrogens is 4. The number of rotatable bonds is 5. The number of imidazole rings is 1. The highest BCUT2D eigenvalue weighted by Crippen LogP contribution is 2.33. The Hall–Kier alpha value is -3.36. The Morgan fingerprint density at radius 3 is 2.42 bits per heavy atom. The molecule has 5 rings (SSSR count). The number of pyridine rings is 1. The maximum absolute atomic E-state index is 13.6. The summed E-state index contributed by atoms with van der Waals surface area (Å²) in [6.07, 6.45) is 1.75. The van der Waals surface area contributed by atoms with Crippen LogP contribution in [0.1, 0.15) is 19.5 Å². The normalized spacial score (nSPS) is 15.0. The van der Waals surface area contributed by atoms with Crippen LogP contribution >= 0.6 is 0 Å². The molecule has 1 aliphatic heterocycles. The van der Waals surface area contributed by atoms with Gasteiger partial charge in [0.1, 0.15) is 17.3 Å². The van der Waals surface area contributed by atoms with Gasteiger partial charge >= 0.3 is 0 Å². The van der Waals surface area contributed by atoms with Crippen LogP contribution in [0, 0.1) is 5.82 Å². The molecule has 0 atom stereocenters. The van der Waals surface area contributed by atoms with Crippen LogP contribution in [0.2, 0.25) is 0 Å². The standard InChI is InChI=1S/C25H28FN7/c1-17(2)31-11-13-32(14-12-31)23-8-7-22-29-24(18-3-5-20(26)6-4-18)25(33(22)30-23)19-9-10-28-21(15-19)16-27/h3-10,15,17H,11-14,16,27H2,1-2H3. The van der Waals surface area contributed by atoms with Crippen LogP contribution in [-0.2, 0) is 6.54 Å². The van der Waals surface area contributed by atoms with Crippen LogP contribution in [0.15, 0.2) is 54.7 Å². The monoisotopic (exact) mass is 445 g/mol. The summed E-state index contributed by atoms with van der Waals surface area (Å²) >= 11 is 0. The molecular formula is C25H28FN7. The molecule has 0 saturated carbocycles. The van der Waals surface area contributed by atoms with Gasteiger partial charge in [0.2, 0.25) is 0 Å². The van der Waals surface area contributed by atoms with E-state index in [0.29, 0.717) is 12.6 Å². The maximum atomic E-state index is 13.6. The minimum Gasteiger partial charge on any atom is -0.353 e. The van der Waals surface area contributed by atoms with Crippen molar-refractivity contribution in [3.8, 4) is 22.5 Å². The summed E-state index contributed by atoms with van der Waals surface area (Å²) in [6, 6.07) is 14.9. The molecule has 33 heavy (non-hydrogen) atoms. The summed E-state index contributed by atoms with van der Waals surface area (Å²) in [6.45, 7) is 8.70. The first-order chi connectivity index (χ1) is 16.0. The van der Waals surface area contributed by atoms with Crippen molar-refractivity contribution < 1.29 is 4.39 Å². The minimum absolute atomic E-state index is 0.278. The van der Waals surface area contributed by atoms with E-state index in [1.165, 1.54) is 12.1 Å². The lowest BCUT2D eigenvalue weighted by molar-refractivity contribution is 0.209. The van der Waals surface area contributed by atoms with Crippen molar-refractivity contribution in [3.63, 3.8) is 0 Å². The van der Waals surface area contributed by atoms with Gasteiger partial charge in [-0.2, -0.15) is 0 Å². The molecule has 4 heterocycles. The Bertz CT molecular complexity index is 1260. The smallest absolute Gasteiger partial charge is 0.155 e. The lowest BCUT2D eigenvalue weighted by Crippen LogP contribution is -2.49.